The SMILES string of the molecule is CC(C)(C)O[C@](N)(Cc1c[nH]c2ccccc12)C(=O)O. The zero-order valence-electron chi connectivity index (χ0n) is 11.9. The van der Waals surface area contributed by atoms with Gasteiger partial charge in [-0.25, -0.2) is 4.79 Å². The molecule has 1 aromatic carbocycles. The summed E-state index contributed by atoms with van der Waals surface area (Å²) in [5.41, 5.74) is 5.37. The monoisotopic (exact) mass is 276 g/mol. The van der Waals surface area contributed by atoms with E-state index in [4.69, 9.17) is 10.5 Å². The molecule has 0 unspecified atom stereocenters. The van der Waals surface area contributed by atoms with Crippen molar-refractivity contribution in [1.29, 1.82) is 0 Å². The number of rotatable bonds is 4. The number of ether oxygens (including phenoxy) is 1. The van der Waals surface area contributed by atoms with Crippen LogP contribution in [0.4, 0.5) is 0 Å². The van der Waals surface area contributed by atoms with E-state index in [0.29, 0.717) is 0 Å². The highest BCUT2D eigenvalue weighted by Crippen LogP contribution is 2.25. The average Bonchev–Trinajstić information content (AvgIpc) is 2.70. The average molecular weight is 276 g/mol. The molecule has 0 saturated carbocycles. The fraction of sp³-hybridized carbons (Fsp3) is 0.400. The molecule has 0 radical (unpaired) electrons. The molecule has 2 rings (SSSR count). The largest absolute Gasteiger partial charge is 0.478 e. The van der Waals surface area contributed by atoms with Gasteiger partial charge in [0.1, 0.15) is 0 Å². The lowest BCUT2D eigenvalue weighted by Gasteiger charge is -2.32. The van der Waals surface area contributed by atoms with Crippen molar-refractivity contribution in [3.05, 3.63) is 36.0 Å². The maximum atomic E-state index is 11.5. The van der Waals surface area contributed by atoms with Gasteiger partial charge in [-0.15, -0.1) is 0 Å². The van der Waals surface area contributed by atoms with Crippen molar-refractivity contribution in [3.63, 3.8) is 0 Å². The quantitative estimate of drug-likeness (QED) is 0.747. The molecule has 0 bridgehead atoms. The summed E-state index contributed by atoms with van der Waals surface area (Å²) in [7, 11) is 0. The topological polar surface area (TPSA) is 88.3 Å². The van der Waals surface area contributed by atoms with Crippen molar-refractivity contribution in [3.8, 4) is 0 Å². The van der Waals surface area contributed by atoms with Crippen molar-refractivity contribution < 1.29 is 14.6 Å². The molecule has 5 heteroatoms. The van der Waals surface area contributed by atoms with Crippen LogP contribution >= 0.6 is 0 Å². The number of fused-ring (bicyclic) bond motifs is 1. The lowest BCUT2D eigenvalue weighted by Crippen LogP contribution is -2.55. The maximum absolute atomic E-state index is 11.5. The second-order valence-corrected chi connectivity index (χ2v) is 5.95. The van der Waals surface area contributed by atoms with E-state index < -0.39 is 17.3 Å². The summed E-state index contributed by atoms with van der Waals surface area (Å²) in [5.74, 6) is -1.17. The van der Waals surface area contributed by atoms with Gasteiger partial charge in [0.05, 0.1) is 5.60 Å². The molecule has 4 N–H and O–H groups in total. The fourth-order valence-electron chi connectivity index (χ4n) is 2.26. The Hall–Kier alpha value is -1.85. The Kier molecular flexibility index (Phi) is 3.58. The van der Waals surface area contributed by atoms with Gasteiger partial charge in [0.2, 0.25) is 5.72 Å². The molecule has 2 aromatic rings. The van der Waals surface area contributed by atoms with Crippen LogP contribution in [0.1, 0.15) is 26.3 Å². The Morgan fingerprint density at radius 1 is 1.35 bits per heavy atom. The van der Waals surface area contributed by atoms with Gasteiger partial charge in [-0.1, -0.05) is 18.2 Å². The number of aromatic nitrogens is 1. The first-order valence-corrected chi connectivity index (χ1v) is 6.49. The van der Waals surface area contributed by atoms with Crippen LogP contribution in [0.25, 0.3) is 10.9 Å². The third-order valence-corrected chi connectivity index (χ3v) is 2.98. The van der Waals surface area contributed by atoms with Crippen LogP contribution in [0.2, 0.25) is 0 Å². The van der Waals surface area contributed by atoms with Crippen molar-refractivity contribution in [2.24, 2.45) is 5.73 Å². The van der Waals surface area contributed by atoms with Gasteiger partial charge in [-0.3, -0.25) is 5.73 Å². The number of aromatic amines is 1. The Morgan fingerprint density at radius 3 is 2.60 bits per heavy atom. The van der Waals surface area contributed by atoms with Crippen LogP contribution in [0.15, 0.2) is 30.5 Å². The number of H-pyrrole nitrogens is 1. The van der Waals surface area contributed by atoms with E-state index in [9.17, 15) is 9.90 Å². The van der Waals surface area contributed by atoms with Gasteiger partial charge < -0.3 is 14.8 Å². The number of nitrogens with two attached hydrogens (primary N) is 1. The van der Waals surface area contributed by atoms with Gasteiger partial charge >= 0.3 is 5.97 Å². The van der Waals surface area contributed by atoms with Crippen LogP contribution in [-0.2, 0) is 16.0 Å². The van der Waals surface area contributed by atoms with Crippen molar-refractivity contribution in [1.82, 2.24) is 4.98 Å². The molecule has 0 amide bonds. The van der Waals surface area contributed by atoms with E-state index in [-0.39, 0.29) is 6.42 Å². The molecular weight excluding hydrogens is 256 g/mol. The molecule has 108 valence electrons. The normalized spacial score (nSPS) is 15.2. The molecule has 0 aliphatic carbocycles. The number of hydrogen-bond acceptors (Lipinski definition) is 3. The summed E-state index contributed by atoms with van der Waals surface area (Å²) in [6, 6.07) is 7.69. The number of para-hydroxylation sites is 1. The Morgan fingerprint density at radius 2 is 2.00 bits per heavy atom. The molecule has 20 heavy (non-hydrogen) atoms. The zero-order chi connectivity index (χ0) is 15.0. The first-order valence-electron chi connectivity index (χ1n) is 6.49. The second kappa shape index (κ2) is 4.92. The highest BCUT2D eigenvalue weighted by Gasteiger charge is 2.39. The maximum Gasteiger partial charge on any atom is 0.351 e. The summed E-state index contributed by atoms with van der Waals surface area (Å²) in [5, 5.41) is 10.4. The van der Waals surface area contributed by atoms with Gasteiger partial charge in [0.15, 0.2) is 0 Å². The summed E-state index contributed by atoms with van der Waals surface area (Å²) >= 11 is 0. The number of nitrogens with one attached hydrogen (secondary N) is 1. The number of benzene rings is 1. The molecule has 5 nitrogen and oxygen atoms in total. The van der Waals surface area contributed by atoms with Crippen molar-refractivity contribution >= 4 is 16.9 Å². The summed E-state index contributed by atoms with van der Waals surface area (Å²) < 4.78 is 5.57. The Balaban J connectivity index is 2.35. The predicted molar refractivity (Wildman–Crippen MR) is 77.4 cm³/mol. The number of aliphatic carboxylic acids is 1. The van der Waals surface area contributed by atoms with Gasteiger partial charge in [0, 0.05) is 23.5 Å². The van der Waals surface area contributed by atoms with Gasteiger partial charge in [-0.2, -0.15) is 0 Å². The summed E-state index contributed by atoms with van der Waals surface area (Å²) in [4.78, 5) is 14.6. The summed E-state index contributed by atoms with van der Waals surface area (Å²) in [6.45, 7) is 5.35. The first kappa shape index (κ1) is 14.6. The van der Waals surface area contributed by atoms with E-state index in [1.54, 1.807) is 27.0 Å². The van der Waals surface area contributed by atoms with Crippen LogP contribution < -0.4 is 5.73 Å². The smallest absolute Gasteiger partial charge is 0.351 e. The molecule has 0 saturated heterocycles. The van der Waals surface area contributed by atoms with Crippen LogP contribution in [-0.4, -0.2) is 27.4 Å². The van der Waals surface area contributed by atoms with E-state index in [0.717, 1.165) is 16.5 Å². The highest BCUT2D eigenvalue weighted by atomic mass is 16.6. The number of carboxylic acid groups (broad SMARTS) is 1. The minimum atomic E-state index is -1.75. The fourth-order valence-corrected chi connectivity index (χ4v) is 2.26. The third kappa shape index (κ3) is 3.00. The van der Waals surface area contributed by atoms with Gasteiger partial charge in [0.25, 0.3) is 0 Å². The molecule has 0 fully saturated rings. The second-order valence-electron chi connectivity index (χ2n) is 5.95. The molecule has 1 heterocycles. The van der Waals surface area contributed by atoms with Crippen LogP contribution in [0.3, 0.4) is 0 Å². The van der Waals surface area contributed by atoms with Gasteiger partial charge in [-0.05, 0) is 32.4 Å². The molecule has 0 aliphatic rings. The molecular formula is C15H20N2O3. The molecule has 1 atom stereocenters. The number of hydrogen-bond donors (Lipinski definition) is 3. The Bertz CT molecular complexity index is 627. The van der Waals surface area contributed by atoms with Crippen molar-refractivity contribution in [2.75, 3.05) is 0 Å². The number of carboxylic acids is 1. The predicted octanol–water partition coefficient (Wildman–Crippen LogP) is 2.27. The third-order valence-electron chi connectivity index (χ3n) is 2.98. The minimum Gasteiger partial charge on any atom is -0.478 e. The molecule has 0 aliphatic heterocycles. The standard InChI is InChI=1S/C15H20N2O3/c1-14(2,3)20-15(16,13(18)19)8-10-9-17-12-7-5-4-6-11(10)12/h4-7,9,17H,8,16H2,1-3H3,(H,18,19)/t15-/m1/s1. The summed E-state index contributed by atoms with van der Waals surface area (Å²) in [6.07, 6.45) is 1.88. The Labute approximate surface area is 117 Å². The molecule has 1 aromatic heterocycles. The van der Waals surface area contributed by atoms with E-state index in [1.165, 1.54) is 0 Å². The highest BCUT2D eigenvalue weighted by molar-refractivity contribution is 5.85. The van der Waals surface area contributed by atoms with Crippen molar-refractivity contribution in [2.45, 2.75) is 38.5 Å². The van der Waals surface area contributed by atoms with E-state index in [2.05, 4.69) is 4.98 Å². The lowest BCUT2D eigenvalue weighted by atomic mass is 10.0. The van der Waals surface area contributed by atoms with E-state index >= 15 is 0 Å². The number of carbonyl (C=O) groups is 1. The van der Waals surface area contributed by atoms with E-state index in [1.807, 2.05) is 24.3 Å². The first-order chi connectivity index (χ1) is 9.21. The lowest BCUT2D eigenvalue weighted by molar-refractivity contribution is -0.183. The van der Waals surface area contributed by atoms with Crippen LogP contribution in [0.5, 0.6) is 0 Å². The zero-order valence-corrected chi connectivity index (χ0v) is 11.9. The minimum absolute atomic E-state index is 0.101. The molecule has 0 spiro atoms. The van der Waals surface area contributed by atoms with Crippen LogP contribution in [0, 0.1) is 0 Å².